The molecule has 0 spiro atoms. The third-order valence-corrected chi connectivity index (χ3v) is 9.17. The van der Waals surface area contributed by atoms with Gasteiger partial charge in [0.2, 0.25) is 5.76 Å². The Bertz CT molecular complexity index is 1500. The molecule has 27 heteroatoms. The third kappa shape index (κ3) is 12.4. The molecule has 3 aliphatic heterocycles. The van der Waals surface area contributed by atoms with Gasteiger partial charge in [-0.1, -0.05) is 0 Å². The maximum Gasteiger partial charge on any atom is 0.397 e. The van der Waals surface area contributed by atoms with Crippen molar-refractivity contribution in [2.24, 2.45) is 11.8 Å². The van der Waals surface area contributed by atoms with Crippen LogP contribution in [0, 0.1) is 11.8 Å². The summed E-state index contributed by atoms with van der Waals surface area (Å²) in [5.41, 5.74) is 0. The zero-order valence-electron chi connectivity index (χ0n) is 25.7. The van der Waals surface area contributed by atoms with Crippen LogP contribution in [-0.2, 0) is 72.2 Å². The molecule has 0 saturated carbocycles. The molecular weight excluding hydrogens is 756 g/mol. The molecule has 0 radical (unpaired) electrons. The topological polar surface area (TPSA) is 375 Å². The van der Waals surface area contributed by atoms with Crippen molar-refractivity contribution in [3.63, 3.8) is 0 Å². The Labute approximate surface area is 284 Å². The highest BCUT2D eigenvalue weighted by Gasteiger charge is 2.50. The average Bonchev–Trinajstić information content (AvgIpc) is 2.97. The lowest BCUT2D eigenvalue weighted by atomic mass is 9.81. The quantitative estimate of drug-likeness (QED) is 0.0492. The van der Waals surface area contributed by atoms with Gasteiger partial charge in [0, 0.05) is 18.4 Å². The minimum atomic E-state index is -5.33. The third-order valence-electron chi connectivity index (χ3n) is 7.80. The first-order valence-corrected chi connectivity index (χ1v) is 18.5. The van der Waals surface area contributed by atoms with Crippen molar-refractivity contribution in [1.29, 1.82) is 0 Å². The number of carboxylic acids is 1. The van der Waals surface area contributed by atoms with Crippen molar-refractivity contribution < 1.29 is 111 Å². The number of hydrogen-bond acceptors (Lipinski definition) is 20. The minimum Gasteiger partial charge on any atom is -0.478 e. The Morgan fingerprint density at radius 2 is 1.32 bits per heavy atom. The summed E-state index contributed by atoms with van der Waals surface area (Å²) >= 11 is 0. The van der Waals surface area contributed by atoms with E-state index in [0.717, 1.165) is 6.08 Å². The highest BCUT2D eigenvalue weighted by Crippen LogP contribution is 2.34. The van der Waals surface area contributed by atoms with Crippen LogP contribution in [-0.4, -0.2) is 176 Å². The van der Waals surface area contributed by atoms with Crippen LogP contribution in [0.2, 0.25) is 0 Å². The molecule has 3 heterocycles. The number of rotatable bonds is 17. The van der Waals surface area contributed by atoms with Gasteiger partial charge in [-0.05, 0) is 19.4 Å². The number of aliphatic hydroxyl groups is 5. The van der Waals surface area contributed by atoms with E-state index in [1.165, 1.54) is 6.92 Å². The molecule has 9 N–H and O–H groups in total. The molecule has 3 aliphatic rings. The summed E-state index contributed by atoms with van der Waals surface area (Å²) < 4.78 is 135. The largest absolute Gasteiger partial charge is 0.478 e. The minimum absolute atomic E-state index is 0.177. The van der Waals surface area contributed by atoms with E-state index in [1.807, 2.05) is 0 Å². The van der Waals surface area contributed by atoms with Gasteiger partial charge < -0.3 is 54.3 Å². The summed E-state index contributed by atoms with van der Waals surface area (Å²) in [6.07, 6.45) is -18.1. The second kappa shape index (κ2) is 17.4. The van der Waals surface area contributed by atoms with Gasteiger partial charge >= 0.3 is 37.2 Å². The van der Waals surface area contributed by atoms with Crippen LogP contribution in [0.3, 0.4) is 0 Å². The van der Waals surface area contributed by atoms with Crippen molar-refractivity contribution in [2.75, 3.05) is 33.0 Å². The first-order chi connectivity index (χ1) is 23.0. The fourth-order valence-corrected chi connectivity index (χ4v) is 6.87. The molecule has 50 heavy (non-hydrogen) atoms. The van der Waals surface area contributed by atoms with E-state index in [-0.39, 0.29) is 13.0 Å². The van der Waals surface area contributed by atoms with Gasteiger partial charge in [0.1, 0.15) is 42.7 Å². The van der Waals surface area contributed by atoms with Crippen LogP contribution in [0.25, 0.3) is 0 Å². The Morgan fingerprint density at radius 3 is 1.90 bits per heavy atom. The Kier molecular flexibility index (Phi) is 14.8. The van der Waals surface area contributed by atoms with Gasteiger partial charge in [0.25, 0.3) is 0 Å². The molecule has 0 aromatic rings. The maximum absolute atomic E-state index is 11.5. The predicted octanol–water partition coefficient (Wildman–Crippen LogP) is -4.85. The summed E-state index contributed by atoms with van der Waals surface area (Å²) in [5.74, 6) is -4.48. The second-order valence-corrected chi connectivity index (χ2v) is 14.5. The lowest BCUT2D eigenvalue weighted by Gasteiger charge is -2.44. The first kappa shape index (κ1) is 42.7. The average molecular weight is 795 g/mol. The van der Waals surface area contributed by atoms with Crippen molar-refractivity contribution in [3.8, 4) is 0 Å². The number of carboxylic acid groups (broad SMARTS) is 1. The van der Waals surface area contributed by atoms with Crippen molar-refractivity contribution in [3.05, 3.63) is 11.8 Å². The molecule has 0 amide bonds. The van der Waals surface area contributed by atoms with E-state index in [0.29, 0.717) is 0 Å². The molecule has 13 atom stereocenters. The van der Waals surface area contributed by atoms with Gasteiger partial charge in [-0.3, -0.25) is 13.7 Å². The van der Waals surface area contributed by atoms with Crippen LogP contribution in [0.4, 0.5) is 0 Å². The van der Waals surface area contributed by atoms with Gasteiger partial charge in [0.05, 0.1) is 38.6 Å². The van der Waals surface area contributed by atoms with Gasteiger partial charge in [-0.2, -0.15) is 25.3 Å². The molecular formula is C23H38O24S3. The number of carbonyl (C=O) groups is 1. The molecule has 0 aromatic heterocycles. The van der Waals surface area contributed by atoms with E-state index in [2.05, 4.69) is 12.5 Å². The van der Waals surface area contributed by atoms with Crippen LogP contribution in [0.5, 0.6) is 0 Å². The standard InChI is InChI=1S/C23H38O24S3/c1-9-20(46-49(34,35)36)19(27)21(47-50(37,38)39)16(43-9)7-41-5-11-10(23(30)45-15(17(11)25)8-42-48(31,32)33)2-3-40-6-14-18(26)12(24)4-13(44-14)22(28)29/h4,9-12,14-21,23-27,30H,2-3,5-8H2,1H3,(H,28,29)(H,31,32,33)(H,34,35,36)(H,37,38,39)/t9?,10?,11?,12?,14?,15?,16-,17?,18?,19?,20-,21?,23?/m0/s1. The Morgan fingerprint density at radius 1 is 0.720 bits per heavy atom. The van der Waals surface area contributed by atoms with Crippen molar-refractivity contribution >= 4 is 37.2 Å². The summed E-state index contributed by atoms with van der Waals surface area (Å²) in [6.45, 7) is -1.85. The highest BCUT2D eigenvalue weighted by molar-refractivity contribution is 7.81. The van der Waals surface area contributed by atoms with E-state index in [9.17, 15) is 60.1 Å². The molecule has 2 saturated heterocycles. The van der Waals surface area contributed by atoms with Crippen LogP contribution < -0.4 is 0 Å². The number of hydrogen-bond donors (Lipinski definition) is 9. The van der Waals surface area contributed by atoms with Crippen molar-refractivity contribution in [1.82, 2.24) is 0 Å². The molecule has 292 valence electrons. The maximum atomic E-state index is 11.5. The van der Waals surface area contributed by atoms with Crippen LogP contribution in [0.15, 0.2) is 11.8 Å². The van der Waals surface area contributed by atoms with E-state index in [4.69, 9.17) is 37.9 Å². The second-order valence-electron chi connectivity index (χ2n) is 11.3. The first-order valence-electron chi connectivity index (χ1n) is 14.4. The molecule has 3 rings (SSSR count). The van der Waals surface area contributed by atoms with E-state index < -0.39 is 149 Å². The highest BCUT2D eigenvalue weighted by atomic mass is 32.3. The molecule has 0 bridgehead atoms. The summed E-state index contributed by atoms with van der Waals surface area (Å²) in [5, 5.41) is 61.5. The number of aliphatic hydroxyl groups excluding tert-OH is 5. The summed E-state index contributed by atoms with van der Waals surface area (Å²) in [6, 6.07) is 0. The van der Waals surface area contributed by atoms with E-state index in [1.54, 1.807) is 0 Å². The normalized spacial score (nSPS) is 37.1. The summed E-state index contributed by atoms with van der Waals surface area (Å²) in [4.78, 5) is 11.2. The number of ether oxygens (including phenoxy) is 5. The fraction of sp³-hybridized carbons (Fsp3) is 0.870. The lowest BCUT2D eigenvalue weighted by molar-refractivity contribution is -0.266. The molecule has 0 aromatic carbocycles. The fourth-order valence-electron chi connectivity index (χ4n) is 5.49. The molecule has 24 nitrogen and oxygen atoms in total. The Hall–Kier alpha value is -1.74. The monoisotopic (exact) mass is 794 g/mol. The SMILES string of the molecule is CC1O[C@@H](COCC2C(O)C(COS(=O)(=O)O)OC(O)C2CCOCC2OC(C(=O)O)=CC(O)C2O)C(OS(=O)(=O)O)C(O)[C@H]1OS(=O)(=O)O. The summed E-state index contributed by atoms with van der Waals surface area (Å²) in [7, 11) is -15.6. The van der Waals surface area contributed by atoms with Gasteiger partial charge in [0.15, 0.2) is 12.4 Å². The van der Waals surface area contributed by atoms with Crippen LogP contribution in [0.1, 0.15) is 13.3 Å². The van der Waals surface area contributed by atoms with Gasteiger partial charge in [-0.25, -0.2) is 17.3 Å². The molecule has 2 fully saturated rings. The molecule has 0 aliphatic carbocycles. The number of aliphatic carboxylic acids is 1. The Balaban J connectivity index is 1.72. The zero-order chi connectivity index (χ0) is 37.8. The van der Waals surface area contributed by atoms with Gasteiger partial charge in [-0.15, -0.1) is 0 Å². The predicted molar refractivity (Wildman–Crippen MR) is 153 cm³/mol. The molecule has 11 unspecified atom stereocenters. The zero-order valence-corrected chi connectivity index (χ0v) is 28.1. The smallest absolute Gasteiger partial charge is 0.397 e. The van der Waals surface area contributed by atoms with Crippen molar-refractivity contribution in [2.45, 2.75) is 80.7 Å². The van der Waals surface area contributed by atoms with Crippen LogP contribution >= 0.6 is 0 Å². The van der Waals surface area contributed by atoms with E-state index >= 15 is 0 Å². The lowest BCUT2D eigenvalue weighted by Crippen LogP contribution is -2.60.